The lowest BCUT2D eigenvalue weighted by molar-refractivity contribution is -0.397. The summed E-state index contributed by atoms with van der Waals surface area (Å²) in [5, 5.41) is 11.4. The molecule has 6 heteroatoms. The van der Waals surface area contributed by atoms with Gasteiger partial charge in [0.15, 0.2) is 0 Å². The molecule has 1 atom stereocenters. The van der Waals surface area contributed by atoms with Gasteiger partial charge in [-0.05, 0) is 5.21 Å². The van der Waals surface area contributed by atoms with Gasteiger partial charge in [-0.3, -0.25) is 0 Å². The molecule has 0 radical (unpaired) electrons. The number of aryl methyl sites for hydroxylation is 1. The first-order valence-corrected chi connectivity index (χ1v) is 3.56. The summed E-state index contributed by atoms with van der Waals surface area (Å²) in [5.41, 5.74) is 0. The van der Waals surface area contributed by atoms with Crippen LogP contribution in [0.1, 0.15) is 18.8 Å². The van der Waals surface area contributed by atoms with Crippen molar-refractivity contribution in [3.05, 3.63) is 5.82 Å². The minimum Gasteiger partial charge on any atom is -0.220 e. The molecule has 6 nitrogen and oxygen atoms in total. The number of aromatic nitrogens is 4. The Balaban J connectivity index is 2.13. The van der Waals surface area contributed by atoms with Gasteiger partial charge in [-0.2, -0.15) is 4.80 Å². The maximum atomic E-state index is 10.8. The number of hydrogen-bond acceptors (Lipinski definition) is 4. The van der Waals surface area contributed by atoms with E-state index in [-0.39, 0.29) is 11.9 Å². The molecule has 2 heterocycles. The summed E-state index contributed by atoms with van der Waals surface area (Å²) in [6.07, 6.45) is 1.76. The van der Waals surface area contributed by atoms with Crippen molar-refractivity contribution in [2.75, 3.05) is 0 Å². The van der Waals surface area contributed by atoms with E-state index in [0.717, 1.165) is 0 Å². The Morgan fingerprint density at radius 2 is 2.50 bits per heavy atom. The predicted molar refractivity (Wildman–Crippen MR) is 38.5 cm³/mol. The van der Waals surface area contributed by atoms with Crippen molar-refractivity contribution in [3.8, 4) is 0 Å². The fourth-order valence-corrected chi connectivity index (χ4v) is 1.02. The molecule has 1 amide bonds. The molecule has 1 aliphatic heterocycles. The number of carbonyl (C=O) groups is 1. The number of rotatable bonds is 1. The molecule has 0 fully saturated rings. The summed E-state index contributed by atoms with van der Waals surface area (Å²) in [6.45, 7) is 1.51. The normalized spacial score (nSPS) is 20.5. The lowest BCUT2D eigenvalue weighted by atomic mass is 10.4. The third-order valence-electron chi connectivity index (χ3n) is 1.66. The zero-order valence-electron chi connectivity index (χ0n) is 6.80. The Kier molecular flexibility index (Phi) is 1.30. The molecule has 1 aliphatic rings. The fraction of sp³-hybridized carbons (Fsp3) is 0.500. The second kappa shape index (κ2) is 2.20. The lowest BCUT2D eigenvalue weighted by Crippen LogP contribution is -2.04. The van der Waals surface area contributed by atoms with Gasteiger partial charge in [0.25, 0.3) is 11.9 Å². The quantitative estimate of drug-likeness (QED) is 0.496. The van der Waals surface area contributed by atoms with E-state index in [1.54, 1.807) is 17.8 Å². The molecule has 12 heavy (non-hydrogen) atoms. The standard InChI is InChI=1S/C6H8N5O/c1-4(12)11-3-5(11)6-7-9-10(2)8-6/h3,5H,1-2H3/q+1. The minimum absolute atomic E-state index is 0.00690. The van der Waals surface area contributed by atoms with Crippen LogP contribution in [0.3, 0.4) is 0 Å². The van der Waals surface area contributed by atoms with Gasteiger partial charge in [0.2, 0.25) is 6.21 Å². The third-order valence-corrected chi connectivity index (χ3v) is 1.66. The highest BCUT2D eigenvalue weighted by Crippen LogP contribution is 2.19. The molecule has 62 valence electrons. The van der Waals surface area contributed by atoms with Gasteiger partial charge in [-0.25, -0.2) is 4.79 Å². The van der Waals surface area contributed by atoms with E-state index >= 15 is 0 Å². The van der Waals surface area contributed by atoms with Crippen LogP contribution < -0.4 is 0 Å². The van der Waals surface area contributed by atoms with Gasteiger partial charge < -0.3 is 0 Å². The second-order valence-electron chi connectivity index (χ2n) is 2.66. The van der Waals surface area contributed by atoms with Gasteiger partial charge in [-0.1, -0.05) is 0 Å². The summed E-state index contributed by atoms with van der Waals surface area (Å²) in [4.78, 5) is 12.2. The van der Waals surface area contributed by atoms with Gasteiger partial charge >= 0.3 is 5.91 Å². The minimum atomic E-state index is -0.0591. The average Bonchev–Trinajstić information content (AvgIpc) is 2.70. The van der Waals surface area contributed by atoms with Crippen LogP contribution in [0.15, 0.2) is 0 Å². The molecule has 2 rings (SSSR count). The van der Waals surface area contributed by atoms with Gasteiger partial charge in [-0.15, -0.1) is 14.8 Å². The molecule has 0 saturated heterocycles. The Bertz CT molecular complexity index is 366. The van der Waals surface area contributed by atoms with E-state index in [0.29, 0.717) is 5.82 Å². The van der Waals surface area contributed by atoms with Gasteiger partial charge in [0.05, 0.1) is 14.0 Å². The maximum Gasteiger partial charge on any atom is 0.384 e. The molecule has 0 spiro atoms. The molecule has 1 aromatic rings. The zero-order chi connectivity index (χ0) is 8.72. The van der Waals surface area contributed by atoms with E-state index in [1.165, 1.54) is 11.7 Å². The van der Waals surface area contributed by atoms with Gasteiger partial charge in [0, 0.05) is 0 Å². The van der Waals surface area contributed by atoms with E-state index in [4.69, 9.17) is 0 Å². The van der Waals surface area contributed by atoms with Crippen LogP contribution in [0.4, 0.5) is 0 Å². The van der Waals surface area contributed by atoms with Crippen molar-refractivity contribution in [3.63, 3.8) is 0 Å². The molecule has 0 saturated carbocycles. The van der Waals surface area contributed by atoms with Crippen LogP contribution in [0.2, 0.25) is 0 Å². The first kappa shape index (κ1) is 7.08. The number of carbonyl (C=O) groups excluding carboxylic acids is 1. The van der Waals surface area contributed by atoms with Crippen molar-refractivity contribution < 1.29 is 9.37 Å². The smallest absolute Gasteiger partial charge is 0.220 e. The average molecular weight is 166 g/mol. The van der Waals surface area contributed by atoms with E-state index < -0.39 is 0 Å². The highest BCUT2D eigenvalue weighted by molar-refractivity contribution is 5.81. The topological polar surface area (TPSA) is 63.7 Å². The summed E-state index contributed by atoms with van der Waals surface area (Å²) in [6, 6.07) is -0.0591. The van der Waals surface area contributed by atoms with Crippen LogP contribution in [0.25, 0.3) is 0 Å². The first-order valence-electron chi connectivity index (χ1n) is 3.56. The highest BCUT2D eigenvalue weighted by Gasteiger charge is 2.44. The van der Waals surface area contributed by atoms with Crippen molar-refractivity contribution in [1.82, 2.24) is 20.2 Å². The molecule has 1 unspecified atom stereocenters. The van der Waals surface area contributed by atoms with Crippen molar-refractivity contribution in [2.24, 2.45) is 7.05 Å². The number of nitrogens with zero attached hydrogens (tertiary/aromatic N) is 5. The van der Waals surface area contributed by atoms with Crippen molar-refractivity contribution in [2.45, 2.75) is 13.0 Å². The molecular weight excluding hydrogens is 158 g/mol. The van der Waals surface area contributed by atoms with Crippen LogP contribution in [0, 0.1) is 0 Å². The summed E-state index contributed by atoms with van der Waals surface area (Å²) in [7, 11) is 1.69. The maximum absolute atomic E-state index is 10.8. The Hall–Kier alpha value is -1.59. The predicted octanol–water partition coefficient (Wildman–Crippen LogP) is -1.11. The second-order valence-corrected chi connectivity index (χ2v) is 2.66. The number of hydrogen-bond donors (Lipinski definition) is 0. The van der Waals surface area contributed by atoms with E-state index in [2.05, 4.69) is 15.4 Å². The van der Waals surface area contributed by atoms with Crippen molar-refractivity contribution in [1.29, 1.82) is 0 Å². The first-order chi connectivity index (χ1) is 5.68. The third kappa shape index (κ3) is 1.01. The van der Waals surface area contributed by atoms with Crippen LogP contribution in [-0.2, 0) is 11.8 Å². The molecule has 0 aliphatic carbocycles. The van der Waals surface area contributed by atoms with Gasteiger partial charge in [0.1, 0.15) is 0 Å². The monoisotopic (exact) mass is 166 g/mol. The summed E-state index contributed by atoms with van der Waals surface area (Å²) in [5.74, 6) is 0.583. The molecule has 0 bridgehead atoms. The lowest BCUT2D eigenvalue weighted by Gasteiger charge is -1.80. The Morgan fingerprint density at radius 1 is 1.75 bits per heavy atom. The van der Waals surface area contributed by atoms with E-state index in [9.17, 15) is 4.79 Å². The molecule has 1 aromatic heterocycles. The number of amides is 1. The molecule has 0 N–H and O–H groups in total. The van der Waals surface area contributed by atoms with Crippen molar-refractivity contribution >= 4 is 12.1 Å². The molecular formula is C6H8N5O+. The Labute approximate surface area is 68.5 Å². The summed E-state index contributed by atoms with van der Waals surface area (Å²) < 4.78 is 1.57. The Morgan fingerprint density at radius 3 is 2.92 bits per heavy atom. The summed E-state index contributed by atoms with van der Waals surface area (Å²) >= 11 is 0. The largest absolute Gasteiger partial charge is 0.384 e. The van der Waals surface area contributed by atoms with E-state index in [1.807, 2.05) is 0 Å². The number of tetrazole rings is 1. The van der Waals surface area contributed by atoms with Crippen LogP contribution in [-0.4, -0.2) is 36.9 Å². The molecule has 0 aromatic carbocycles. The zero-order valence-corrected chi connectivity index (χ0v) is 6.80. The van der Waals surface area contributed by atoms with Crippen LogP contribution in [0.5, 0.6) is 0 Å². The van der Waals surface area contributed by atoms with Crippen LogP contribution >= 0.6 is 0 Å². The SMILES string of the molecule is CC(=O)[N+]1=CC1c1nnn(C)n1. The highest BCUT2D eigenvalue weighted by atomic mass is 16.2. The fourth-order valence-electron chi connectivity index (χ4n) is 1.02.